The van der Waals surface area contributed by atoms with Gasteiger partial charge in [-0.25, -0.2) is 8.78 Å². The fourth-order valence-corrected chi connectivity index (χ4v) is 2.96. The molecule has 0 atom stereocenters. The third kappa shape index (κ3) is 2.12. The first-order chi connectivity index (χ1) is 8.10. The van der Waals surface area contributed by atoms with Crippen molar-refractivity contribution < 1.29 is 13.5 Å². The minimum absolute atomic E-state index is 0.131. The van der Waals surface area contributed by atoms with E-state index in [2.05, 4.69) is 21.0 Å². The monoisotopic (exact) mass is 306 g/mol. The van der Waals surface area contributed by atoms with E-state index in [0.717, 1.165) is 32.3 Å². The van der Waals surface area contributed by atoms with Crippen LogP contribution in [0.5, 0.6) is 0 Å². The number of hydrogen-bond acceptors (Lipinski definition) is 2. The molecule has 3 rings (SSSR count). The Kier molecular flexibility index (Phi) is 2.74. The second-order valence-corrected chi connectivity index (χ2v) is 5.70. The second kappa shape index (κ2) is 4.02. The van der Waals surface area contributed by atoms with Gasteiger partial charge >= 0.3 is 0 Å². The van der Waals surface area contributed by atoms with E-state index in [1.165, 1.54) is 0 Å². The number of ether oxygens (including phenoxy) is 1. The molecule has 1 aromatic heterocycles. The Morgan fingerprint density at radius 1 is 1.47 bits per heavy atom. The minimum atomic E-state index is -2.52. The van der Waals surface area contributed by atoms with Crippen molar-refractivity contribution in [3.05, 3.63) is 16.4 Å². The molecule has 2 heterocycles. The maximum absolute atomic E-state index is 12.6. The zero-order valence-corrected chi connectivity index (χ0v) is 10.8. The predicted molar refractivity (Wildman–Crippen MR) is 61.1 cm³/mol. The van der Waals surface area contributed by atoms with Crippen molar-refractivity contribution in [3.63, 3.8) is 0 Å². The summed E-state index contributed by atoms with van der Waals surface area (Å²) in [4.78, 5) is 0. The summed E-state index contributed by atoms with van der Waals surface area (Å²) in [5.41, 5.74) is -0.0279. The number of halogens is 3. The van der Waals surface area contributed by atoms with E-state index in [9.17, 15) is 8.78 Å². The maximum atomic E-state index is 12.6. The van der Waals surface area contributed by atoms with Crippen molar-refractivity contribution in [2.75, 3.05) is 6.61 Å². The number of epoxide rings is 1. The highest BCUT2D eigenvalue weighted by atomic mass is 79.9. The molecule has 6 heteroatoms. The van der Waals surface area contributed by atoms with Gasteiger partial charge in [0.1, 0.15) is 5.69 Å². The molecule has 0 amide bonds. The highest BCUT2D eigenvalue weighted by molar-refractivity contribution is 9.10. The van der Waals surface area contributed by atoms with Crippen molar-refractivity contribution in [1.82, 2.24) is 9.78 Å². The van der Waals surface area contributed by atoms with Crippen LogP contribution < -0.4 is 0 Å². The Hall–Kier alpha value is -0.490. The van der Waals surface area contributed by atoms with Gasteiger partial charge in [0.05, 0.1) is 22.7 Å². The second-order valence-electron chi connectivity index (χ2n) is 4.85. The third-order valence-corrected chi connectivity index (χ3v) is 4.32. The summed E-state index contributed by atoms with van der Waals surface area (Å²) in [6, 6.07) is 0.230. The van der Waals surface area contributed by atoms with E-state index < -0.39 is 6.43 Å². The fourth-order valence-electron chi connectivity index (χ4n) is 2.50. The van der Waals surface area contributed by atoms with Gasteiger partial charge in [0, 0.05) is 6.20 Å². The van der Waals surface area contributed by atoms with Crippen LogP contribution in [0.15, 0.2) is 10.7 Å². The molecular formula is C11H13BrF2N2O. The average molecular weight is 307 g/mol. The van der Waals surface area contributed by atoms with Gasteiger partial charge in [-0.05, 0) is 41.6 Å². The summed E-state index contributed by atoms with van der Waals surface area (Å²) in [7, 11) is 0. The molecule has 2 fully saturated rings. The molecule has 0 bridgehead atoms. The lowest BCUT2D eigenvalue weighted by atomic mass is 9.86. The van der Waals surface area contributed by atoms with Crippen molar-refractivity contribution >= 4 is 15.9 Å². The van der Waals surface area contributed by atoms with Gasteiger partial charge in [-0.15, -0.1) is 0 Å². The van der Waals surface area contributed by atoms with Crippen LogP contribution in [0, 0.1) is 0 Å². The van der Waals surface area contributed by atoms with Crippen LogP contribution in [-0.4, -0.2) is 22.0 Å². The summed E-state index contributed by atoms with van der Waals surface area (Å²) in [6.07, 6.45) is 3.08. The zero-order valence-electron chi connectivity index (χ0n) is 9.20. The predicted octanol–water partition coefficient (Wildman–Crippen LogP) is 3.47. The minimum Gasteiger partial charge on any atom is -0.370 e. The van der Waals surface area contributed by atoms with Crippen LogP contribution in [0.4, 0.5) is 8.78 Å². The molecule has 1 aliphatic carbocycles. The van der Waals surface area contributed by atoms with Crippen LogP contribution >= 0.6 is 15.9 Å². The standard InChI is InChI=1S/C11H13BrF2N2O/c12-8-5-16(15-9(8)10(13)14)7-1-3-11(4-2-7)6-17-11/h5,7,10H,1-4,6H2. The Balaban J connectivity index is 1.73. The molecule has 17 heavy (non-hydrogen) atoms. The molecule has 0 aromatic carbocycles. The molecule has 2 aliphatic rings. The molecule has 1 spiro atoms. The molecule has 94 valence electrons. The van der Waals surface area contributed by atoms with Gasteiger partial charge in [0.2, 0.25) is 0 Å². The smallest absolute Gasteiger partial charge is 0.283 e. The number of alkyl halides is 2. The first kappa shape index (κ1) is 11.6. The van der Waals surface area contributed by atoms with Crippen molar-refractivity contribution in [2.45, 2.75) is 43.8 Å². The largest absolute Gasteiger partial charge is 0.370 e. The first-order valence-corrected chi connectivity index (χ1v) is 6.56. The lowest BCUT2D eigenvalue weighted by Gasteiger charge is -2.26. The van der Waals surface area contributed by atoms with Crippen LogP contribution in [-0.2, 0) is 4.74 Å². The first-order valence-electron chi connectivity index (χ1n) is 5.76. The molecule has 1 saturated heterocycles. The zero-order chi connectivity index (χ0) is 12.0. The van der Waals surface area contributed by atoms with Crippen molar-refractivity contribution in [3.8, 4) is 0 Å². The van der Waals surface area contributed by atoms with Gasteiger partial charge in [-0.3, -0.25) is 4.68 Å². The summed E-state index contributed by atoms with van der Waals surface area (Å²) in [6.45, 7) is 0.866. The Morgan fingerprint density at radius 3 is 2.59 bits per heavy atom. The number of rotatable bonds is 2. The quantitative estimate of drug-likeness (QED) is 0.783. The molecule has 1 saturated carbocycles. The van der Waals surface area contributed by atoms with Crippen molar-refractivity contribution in [2.24, 2.45) is 0 Å². The Morgan fingerprint density at radius 2 is 2.12 bits per heavy atom. The highest BCUT2D eigenvalue weighted by Gasteiger charge is 2.47. The molecule has 0 unspecified atom stereocenters. The Labute approximate surface area is 106 Å². The Bertz CT molecular complexity index is 421. The summed E-state index contributed by atoms with van der Waals surface area (Å²) in [5, 5.41) is 3.98. The van der Waals surface area contributed by atoms with E-state index in [-0.39, 0.29) is 17.3 Å². The lowest BCUT2D eigenvalue weighted by Crippen LogP contribution is -2.24. The molecule has 0 radical (unpaired) electrons. The average Bonchev–Trinajstić information content (AvgIpc) is 2.92. The van der Waals surface area contributed by atoms with E-state index in [0.29, 0.717) is 4.47 Å². The van der Waals surface area contributed by atoms with E-state index in [1.54, 1.807) is 10.9 Å². The van der Waals surface area contributed by atoms with E-state index in [4.69, 9.17) is 4.74 Å². The number of nitrogens with zero attached hydrogens (tertiary/aromatic N) is 2. The van der Waals surface area contributed by atoms with Gasteiger partial charge in [0.25, 0.3) is 6.43 Å². The normalized spacial score (nSPS) is 32.4. The van der Waals surface area contributed by atoms with Gasteiger partial charge in [-0.1, -0.05) is 0 Å². The lowest BCUT2D eigenvalue weighted by molar-refractivity contribution is 0.142. The maximum Gasteiger partial charge on any atom is 0.283 e. The third-order valence-electron chi connectivity index (χ3n) is 3.71. The fraction of sp³-hybridized carbons (Fsp3) is 0.727. The van der Waals surface area contributed by atoms with Crippen molar-refractivity contribution in [1.29, 1.82) is 0 Å². The summed E-state index contributed by atoms with van der Waals surface area (Å²) >= 11 is 3.13. The molecule has 0 N–H and O–H groups in total. The van der Waals surface area contributed by atoms with E-state index >= 15 is 0 Å². The summed E-state index contributed by atoms with van der Waals surface area (Å²) in [5.74, 6) is 0. The molecule has 3 nitrogen and oxygen atoms in total. The SMILES string of the molecule is FC(F)c1nn(C2CCC3(CC2)CO3)cc1Br. The van der Waals surface area contributed by atoms with Gasteiger partial charge < -0.3 is 4.74 Å². The van der Waals surface area contributed by atoms with Gasteiger partial charge in [-0.2, -0.15) is 5.10 Å². The topological polar surface area (TPSA) is 30.4 Å². The molecule has 1 aliphatic heterocycles. The number of aromatic nitrogens is 2. The van der Waals surface area contributed by atoms with Crippen LogP contribution in [0.2, 0.25) is 0 Å². The highest BCUT2D eigenvalue weighted by Crippen LogP contribution is 2.45. The van der Waals surface area contributed by atoms with Crippen LogP contribution in [0.3, 0.4) is 0 Å². The number of hydrogen-bond donors (Lipinski definition) is 0. The molecular weight excluding hydrogens is 294 g/mol. The summed E-state index contributed by atoms with van der Waals surface area (Å²) < 4.78 is 32.7. The van der Waals surface area contributed by atoms with Crippen LogP contribution in [0.1, 0.15) is 43.8 Å². The van der Waals surface area contributed by atoms with E-state index in [1.807, 2.05) is 0 Å². The van der Waals surface area contributed by atoms with Gasteiger partial charge in [0.15, 0.2) is 0 Å². The molecule has 1 aromatic rings. The van der Waals surface area contributed by atoms with Crippen LogP contribution in [0.25, 0.3) is 0 Å².